The van der Waals surface area contributed by atoms with Crippen LogP contribution in [0.1, 0.15) is 5.56 Å². The molecule has 14 heavy (non-hydrogen) atoms. The van der Waals surface area contributed by atoms with Gasteiger partial charge in [0, 0.05) is 8.27 Å². The van der Waals surface area contributed by atoms with Gasteiger partial charge in [0.25, 0.3) is 0 Å². The third-order valence-electron chi connectivity index (χ3n) is 2.06. The lowest BCUT2D eigenvalue weighted by atomic mass is 10.2. The standard InChI is InChI=1S/C10H9IOS2/c1-13-8-4-6-2-3-7(5-12)9(11)10(6)14-8/h2-4,12H,5H2,1H3. The Hall–Kier alpha value is 0.220. The number of halogens is 1. The molecule has 0 aliphatic carbocycles. The molecule has 1 aromatic heterocycles. The minimum absolute atomic E-state index is 0.126. The molecule has 0 unspecified atom stereocenters. The summed E-state index contributed by atoms with van der Waals surface area (Å²) in [4.78, 5) is 0. The fraction of sp³-hybridized carbons (Fsp3) is 0.200. The SMILES string of the molecule is CSc1cc2ccc(CO)c(I)c2s1. The van der Waals surface area contributed by atoms with Crippen LogP contribution in [0.4, 0.5) is 0 Å². The number of fused-ring (bicyclic) bond motifs is 1. The molecule has 0 fully saturated rings. The number of aliphatic hydroxyl groups excluding tert-OH is 1. The molecule has 0 amide bonds. The van der Waals surface area contributed by atoms with Crippen molar-refractivity contribution in [3.8, 4) is 0 Å². The van der Waals surface area contributed by atoms with Gasteiger partial charge in [-0.05, 0) is 45.9 Å². The van der Waals surface area contributed by atoms with Crippen LogP contribution in [0.25, 0.3) is 10.1 Å². The van der Waals surface area contributed by atoms with Gasteiger partial charge in [-0.3, -0.25) is 0 Å². The van der Waals surface area contributed by atoms with E-state index in [1.54, 1.807) is 23.1 Å². The normalized spacial score (nSPS) is 11.1. The van der Waals surface area contributed by atoms with Crippen LogP contribution in [0, 0.1) is 3.57 Å². The molecule has 0 saturated carbocycles. The zero-order valence-electron chi connectivity index (χ0n) is 7.58. The van der Waals surface area contributed by atoms with Crippen LogP contribution in [0.5, 0.6) is 0 Å². The van der Waals surface area contributed by atoms with Crippen LogP contribution < -0.4 is 0 Å². The first-order valence-corrected chi connectivity index (χ1v) is 7.24. The number of thiophene rings is 1. The summed E-state index contributed by atoms with van der Waals surface area (Å²) in [5.74, 6) is 0. The number of hydrogen-bond donors (Lipinski definition) is 1. The van der Waals surface area contributed by atoms with E-state index in [0.717, 1.165) is 5.56 Å². The van der Waals surface area contributed by atoms with Crippen molar-refractivity contribution in [2.24, 2.45) is 0 Å². The summed E-state index contributed by atoms with van der Waals surface area (Å²) < 4.78 is 3.81. The Labute approximate surface area is 105 Å². The minimum atomic E-state index is 0.126. The van der Waals surface area contributed by atoms with Crippen molar-refractivity contribution in [2.75, 3.05) is 6.26 Å². The summed E-state index contributed by atoms with van der Waals surface area (Å²) in [5.41, 5.74) is 1.02. The van der Waals surface area contributed by atoms with E-state index in [0.29, 0.717) is 0 Å². The van der Waals surface area contributed by atoms with Crippen LogP contribution >= 0.6 is 45.7 Å². The van der Waals surface area contributed by atoms with Crippen molar-refractivity contribution in [3.63, 3.8) is 0 Å². The van der Waals surface area contributed by atoms with Crippen molar-refractivity contribution in [2.45, 2.75) is 10.8 Å². The molecule has 1 nitrogen and oxygen atoms in total. The minimum Gasteiger partial charge on any atom is -0.392 e. The quantitative estimate of drug-likeness (QED) is 0.666. The van der Waals surface area contributed by atoms with Crippen molar-refractivity contribution in [1.82, 2.24) is 0 Å². The van der Waals surface area contributed by atoms with E-state index in [2.05, 4.69) is 41.0 Å². The highest BCUT2D eigenvalue weighted by Crippen LogP contribution is 2.35. The lowest BCUT2D eigenvalue weighted by molar-refractivity contribution is 0.281. The Morgan fingerprint density at radius 1 is 1.50 bits per heavy atom. The highest BCUT2D eigenvalue weighted by Gasteiger charge is 2.07. The molecule has 0 aliphatic rings. The zero-order valence-corrected chi connectivity index (χ0v) is 11.4. The smallest absolute Gasteiger partial charge is 0.0692 e. The van der Waals surface area contributed by atoms with Crippen LogP contribution in [0.3, 0.4) is 0 Å². The summed E-state index contributed by atoms with van der Waals surface area (Å²) in [6, 6.07) is 6.29. The van der Waals surface area contributed by atoms with Gasteiger partial charge in [0.2, 0.25) is 0 Å². The van der Waals surface area contributed by atoms with Gasteiger partial charge in [-0.1, -0.05) is 12.1 Å². The van der Waals surface area contributed by atoms with E-state index in [9.17, 15) is 0 Å². The Kier molecular flexibility index (Phi) is 3.36. The number of thioether (sulfide) groups is 1. The van der Waals surface area contributed by atoms with E-state index in [-0.39, 0.29) is 6.61 Å². The fourth-order valence-corrected chi connectivity index (χ4v) is 3.98. The van der Waals surface area contributed by atoms with Crippen LogP contribution in [0.2, 0.25) is 0 Å². The molecule has 0 bridgehead atoms. The first-order chi connectivity index (χ1) is 6.76. The van der Waals surface area contributed by atoms with E-state index in [1.807, 2.05) is 6.07 Å². The lowest BCUT2D eigenvalue weighted by Crippen LogP contribution is -1.86. The van der Waals surface area contributed by atoms with Gasteiger partial charge in [-0.25, -0.2) is 0 Å². The summed E-state index contributed by atoms with van der Waals surface area (Å²) in [6.07, 6.45) is 2.09. The number of rotatable bonds is 2. The lowest BCUT2D eigenvalue weighted by Gasteiger charge is -2.00. The van der Waals surface area contributed by atoms with Gasteiger partial charge in [-0.15, -0.1) is 23.1 Å². The monoisotopic (exact) mass is 336 g/mol. The largest absolute Gasteiger partial charge is 0.392 e. The zero-order chi connectivity index (χ0) is 10.1. The van der Waals surface area contributed by atoms with Crippen molar-refractivity contribution >= 4 is 55.8 Å². The first kappa shape index (κ1) is 10.7. The second-order valence-electron chi connectivity index (χ2n) is 2.88. The van der Waals surface area contributed by atoms with Gasteiger partial charge in [0.05, 0.1) is 10.8 Å². The maximum absolute atomic E-state index is 9.14. The van der Waals surface area contributed by atoms with Crippen molar-refractivity contribution in [1.29, 1.82) is 0 Å². The number of aliphatic hydroxyl groups is 1. The van der Waals surface area contributed by atoms with Gasteiger partial charge < -0.3 is 5.11 Å². The van der Waals surface area contributed by atoms with E-state index in [4.69, 9.17) is 5.11 Å². The Bertz CT molecular complexity index is 464. The number of hydrogen-bond acceptors (Lipinski definition) is 3. The predicted molar refractivity (Wildman–Crippen MR) is 72.2 cm³/mol. The predicted octanol–water partition coefficient (Wildman–Crippen LogP) is 3.72. The van der Waals surface area contributed by atoms with Crippen LogP contribution in [-0.4, -0.2) is 11.4 Å². The van der Waals surface area contributed by atoms with Gasteiger partial charge >= 0.3 is 0 Å². The second-order valence-corrected chi connectivity index (χ2v) is 6.12. The molecule has 1 aromatic carbocycles. The molecule has 4 heteroatoms. The third kappa shape index (κ3) is 1.80. The van der Waals surface area contributed by atoms with Gasteiger partial charge in [-0.2, -0.15) is 0 Å². The summed E-state index contributed by atoms with van der Waals surface area (Å²) in [7, 11) is 0. The van der Waals surface area contributed by atoms with Gasteiger partial charge in [0.15, 0.2) is 0 Å². The molecule has 0 saturated heterocycles. The highest BCUT2D eigenvalue weighted by atomic mass is 127. The Morgan fingerprint density at radius 3 is 2.93 bits per heavy atom. The highest BCUT2D eigenvalue weighted by molar-refractivity contribution is 14.1. The van der Waals surface area contributed by atoms with Crippen molar-refractivity contribution in [3.05, 3.63) is 27.3 Å². The topological polar surface area (TPSA) is 20.2 Å². The maximum Gasteiger partial charge on any atom is 0.0692 e. The Balaban J connectivity index is 2.68. The molecular weight excluding hydrogens is 327 g/mol. The first-order valence-electron chi connectivity index (χ1n) is 4.12. The summed E-state index contributed by atoms with van der Waals surface area (Å²) in [6.45, 7) is 0.126. The molecule has 0 atom stereocenters. The summed E-state index contributed by atoms with van der Waals surface area (Å²) >= 11 is 5.88. The maximum atomic E-state index is 9.14. The van der Waals surface area contributed by atoms with Crippen LogP contribution in [0.15, 0.2) is 22.4 Å². The van der Waals surface area contributed by atoms with Crippen LogP contribution in [-0.2, 0) is 6.61 Å². The molecule has 2 aromatic rings. The van der Waals surface area contributed by atoms with Gasteiger partial charge in [0.1, 0.15) is 0 Å². The van der Waals surface area contributed by atoms with E-state index < -0.39 is 0 Å². The second kappa shape index (κ2) is 4.38. The molecule has 2 rings (SSSR count). The van der Waals surface area contributed by atoms with E-state index in [1.165, 1.54) is 17.9 Å². The molecule has 0 aliphatic heterocycles. The average molecular weight is 336 g/mol. The molecule has 74 valence electrons. The van der Waals surface area contributed by atoms with E-state index >= 15 is 0 Å². The average Bonchev–Trinajstić information content (AvgIpc) is 2.62. The summed E-state index contributed by atoms with van der Waals surface area (Å²) in [5, 5.41) is 10.4. The molecule has 1 N–H and O–H groups in total. The number of benzene rings is 1. The van der Waals surface area contributed by atoms with Crippen molar-refractivity contribution < 1.29 is 5.11 Å². The molecule has 0 radical (unpaired) electrons. The molecular formula is C10H9IOS2. The molecule has 0 spiro atoms. The molecule has 1 heterocycles. The Morgan fingerprint density at radius 2 is 2.29 bits per heavy atom. The fourth-order valence-electron chi connectivity index (χ4n) is 1.31. The third-order valence-corrected chi connectivity index (χ3v) is 5.89.